The molecule has 1 aliphatic rings. The Labute approximate surface area is 125 Å². The number of nitrogens with zero attached hydrogens (tertiary/aromatic N) is 2. The highest BCUT2D eigenvalue weighted by Gasteiger charge is 2.56. The largest absolute Gasteiger partial charge is 0.345 e. The van der Waals surface area contributed by atoms with Crippen LogP contribution in [0.2, 0.25) is 0 Å². The van der Waals surface area contributed by atoms with E-state index in [-0.39, 0.29) is 18.4 Å². The van der Waals surface area contributed by atoms with Crippen molar-refractivity contribution in [1.29, 1.82) is 0 Å². The highest BCUT2D eigenvalue weighted by atomic mass is 35.5. The smallest absolute Gasteiger partial charge is 0.251 e. The molecule has 0 radical (unpaired) electrons. The second-order valence-electron chi connectivity index (χ2n) is 4.62. The molecule has 104 valence electrons. The maximum atomic E-state index is 11.8. The summed E-state index contributed by atoms with van der Waals surface area (Å²) in [5.41, 5.74) is 0.582. The van der Waals surface area contributed by atoms with E-state index >= 15 is 0 Å². The highest BCUT2D eigenvalue weighted by molar-refractivity contribution is 6.51. The zero-order valence-corrected chi connectivity index (χ0v) is 11.9. The number of benzene rings is 1. The summed E-state index contributed by atoms with van der Waals surface area (Å²) in [7, 11) is 0. The molecular formula is C13H11Cl2N3O2. The number of halogens is 2. The normalized spacial score (nSPS) is 19.6. The molecule has 1 heterocycles. The van der Waals surface area contributed by atoms with Crippen LogP contribution in [0.15, 0.2) is 34.9 Å². The summed E-state index contributed by atoms with van der Waals surface area (Å²) in [6.45, 7) is 0.196. The van der Waals surface area contributed by atoms with Crippen molar-refractivity contribution >= 4 is 29.1 Å². The Balaban J connectivity index is 1.58. The average molecular weight is 312 g/mol. The lowest BCUT2D eigenvalue weighted by Gasteiger charge is -2.01. The van der Waals surface area contributed by atoms with E-state index in [9.17, 15) is 4.79 Å². The van der Waals surface area contributed by atoms with Gasteiger partial charge in [0, 0.05) is 5.56 Å². The Morgan fingerprint density at radius 3 is 2.75 bits per heavy atom. The molecule has 0 saturated heterocycles. The zero-order valence-electron chi connectivity index (χ0n) is 10.3. The van der Waals surface area contributed by atoms with Crippen LogP contribution in [0.5, 0.6) is 0 Å². The van der Waals surface area contributed by atoms with Crippen molar-refractivity contribution in [3.63, 3.8) is 0 Å². The van der Waals surface area contributed by atoms with Crippen molar-refractivity contribution in [2.45, 2.75) is 23.2 Å². The van der Waals surface area contributed by atoms with Crippen LogP contribution in [0.25, 0.3) is 0 Å². The number of carbonyl (C=O) groups is 1. The zero-order chi connectivity index (χ0) is 14.2. The summed E-state index contributed by atoms with van der Waals surface area (Å²) in [5, 5.41) is 6.51. The average Bonchev–Trinajstić information content (AvgIpc) is 2.89. The SMILES string of the molecule is O=C(NCc1noc([C@H]2CC2(Cl)Cl)n1)c1ccccc1. The molecule has 1 aliphatic carbocycles. The standard InChI is InChI=1S/C13H11Cl2N3O2/c14-13(15)6-9(13)12-17-10(18-20-12)7-16-11(19)8-4-2-1-3-5-8/h1-5,9H,6-7H2,(H,16,19)/t9-/m1/s1. The van der Waals surface area contributed by atoms with E-state index < -0.39 is 4.33 Å². The van der Waals surface area contributed by atoms with Crippen molar-refractivity contribution in [3.8, 4) is 0 Å². The summed E-state index contributed by atoms with van der Waals surface area (Å²) < 4.78 is 4.29. The maximum Gasteiger partial charge on any atom is 0.251 e. The molecule has 1 amide bonds. The number of hydrogen-bond acceptors (Lipinski definition) is 4. The molecule has 1 atom stereocenters. The van der Waals surface area contributed by atoms with E-state index in [4.69, 9.17) is 27.7 Å². The number of alkyl halides is 2. The van der Waals surface area contributed by atoms with Gasteiger partial charge in [-0.3, -0.25) is 4.79 Å². The third-order valence-corrected chi connectivity index (χ3v) is 3.89. The van der Waals surface area contributed by atoms with Crippen LogP contribution >= 0.6 is 23.2 Å². The lowest BCUT2D eigenvalue weighted by atomic mass is 10.2. The highest BCUT2D eigenvalue weighted by Crippen LogP contribution is 2.58. The van der Waals surface area contributed by atoms with Gasteiger partial charge in [-0.15, -0.1) is 23.2 Å². The monoisotopic (exact) mass is 311 g/mol. The van der Waals surface area contributed by atoms with Crippen molar-refractivity contribution < 1.29 is 9.32 Å². The minimum absolute atomic E-state index is 0.114. The number of nitrogens with one attached hydrogen (secondary N) is 1. The van der Waals surface area contributed by atoms with Crippen LogP contribution in [0.3, 0.4) is 0 Å². The molecular weight excluding hydrogens is 301 g/mol. The molecule has 0 spiro atoms. The predicted molar refractivity (Wildman–Crippen MR) is 73.7 cm³/mol. The first-order chi connectivity index (χ1) is 9.56. The van der Waals surface area contributed by atoms with Crippen LogP contribution in [0.4, 0.5) is 0 Å². The Morgan fingerprint density at radius 1 is 1.40 bits per heavy atom. The number of rotatable bonds is 4. The van der Waals surface area contributed by atoms with Gasteiger partial charge in [-0.1, -0.05) is 23.4 Å². The van der Waals surface area contributed by atoms with Crippen LogP contribution in [-0.4, -0.2) is 20.4 Å². The molecule has 0 bridgehead atoms. The second kappa shape index (κ2) is 5.07. The summed E-state index contributed by atoms with van der Waals surface area (Å²) in [6, 6.07) is 8.92. The van der Waals surface area contributed by atoms with Gasteiger partial charge in [0.25, 0.3) is 5.91 Å². The first-order valence-electron chi connectivity index (χ1n) is 6.10. The summed E-state index contributed by atoms with van der Waals surface area (Å²) >= 11 is 11.9. The molecule has 1 N–H and O–H groups in total. The number of aromatic nitrogens is 2. The molecule has 20 heavy (non-hydrogen) atoms. The Bertz CT molecular complexity index is 628. The summed E-state index contributed by atoms with van der Waals surface area (Å²) in [4.78, 5) is 16.0. The van der Waals surface area contributed by atoms with Crippen molar-refractivity contribution in [2.75, 3.05) is 0 Å². The molecule has 0 unspecified atom stereocenters. The molecule has 5 nitrogen and oxygen atoms in total. The molecule has 2 aromatic rings. The predicted octanol–water partition coefficient (Wildman–Crippen LogP) is 2.66. The Kier molecular flexibility index (Phi) is 3.40. The third-order valence-electron chi connectivity index (χ3n) is 3.05. The van der Waals surface area contributed by atoms with Gasteiger partial charge in [0.05, 0.1) is 12.5 Å². The van der Waals surface area contributed by atoms with Crippen LogP contribution in [0.1, 0.15) is 34.4 Å². The van der Waals surface area contributed by atoms with Crippen molar-refractivity contribution in [1.82, 2.24) is 15.5 Å². The second-order valence-corrected chi connectivity index (χ2v) is 6.16. The number of carbonyl (C=O) groups excluding carboxylic acids is 1. The van der Waals surface area contributed by atoms with Gasteiger partial charge in [-0.2, -0.15) is 4.98 Å². The maximum absolute atomic E-state index is 11.8. The quantitative estimate of drug-likeness (QED) is 0.881. The summed E-state index contributed by atoms with van der Waals surface area (Å²) in [5.74, 6) is 0.517. The molecule has 1 aromatic carbocycles. The molecule has 1 fully saturated rings. The number of hydrogen-bond donors (Lipinski definition) is 1. The third kappa shape index (κ3) is 2.78. The van der Waals surface area contributed by atoms with Gasteiger partial charge in [0.15, 0.2) is 5.82 Å². The fourth-order valence-corrected chi connectivity index (χ4v) is 2.31. The van der Waals surface area contributed by atoms with Crippen molar-refractivity contribution in [3.05, 3.63) is 47.6 Å². The minimum atomic E-state index is -0.795. The first kappa shape index (κ1) is 13.4. The van der Waals surface area contributed by atoms with E-state index in [1.165, 1.54) is 0 Å². The van der Waals surface area contributed by atoms with Gasteiger partial charge in [-0.05, 0) is 18.6 Å². The van der Waals surface area contributed by atoms with E-state index in [1.54, 1.807) is 24.3 Å². The van der Waals surface area contributed by atoms with Gasteiger partial charge in [-0.25, -0.2) is 0 Å². The van der Waals surface area contributed by atoms with E-state index in [0.29, 0.717) is 23.7 Å². The van der Waals surface area contributed by atoms with Crippen LogP contribution in [0, 0.1) is 0 Å². The molecule has 1 aromatic heterocycles. The Hall–Kier alpha value is -1.59. The van der Waals surface area contributed by atoms with Crippen molar-refractivity contribution in [2.24, 2.45) is 0 Å². The van der Waals surface area contributed by atoms with Gasteiger partial charge >= 0.3 is 0 Å². The van der Waals surface area contributed by atoms with E-state index in [1.807, 2.05) is 6.07 Å². The first-order valence-corrected chi connectivity index (χ1v) is 6.85. The summed E-state index contributed by atoms with van der Waals surface area (Å²) in [6.07, 6.45) is 0.605. The lowest BCUT2D eigenvalue weighted by Crippen LogP contribution is -2.23. The fraction of sp³-hybridized carbons (Fsp3) is 0.308. The molecule has 0 aliphatic heterocycles. The lowest BCUT2D eigenvalue weighted by molar-refractivity contribution is 0.0949. The molecule has 1 saturated carbocycles. The van der Waals surface area contributed by atoms with Gasteiger partial charge in [0.2, 0.25) is 5.89 Å². The molecule has 3 rings (SSSR count). The van der Waals surface area contributed by atoms with E-state index in [0.717, 1.165) is 0 Å². The van der Waals surface area contributed by atoms with Gasteiger partial charge < -0.3 is 9.84 Å². The Morgan fingerprint density at radius 2 is 2.10 bits per heavy atom. The van der Waals surface area contributed by atoms with E-state index in [2.05, 4.69) is 15.5 Å². The van der Waals surface area contributed by atoms with Gasteiger partial charge in [0.1, 0.15) is 4.33 Å². The molecule has 7 heteroatoms. The minimum Gasteiger partial charge on any atom is -0.345 e. The number of amides is 1. The van der Waals surface area contributed by atoms with Crippen LogP contribution < -0.4 is 5.32 Å². The fourth-order valence-electron chi connectivity index (χ4n) is 1.81. The van der Waals surface area contributed by atoms with Crippen LogP contribution in [-0.2, 0) is 6.54 Å². The topological polar surface area (TPSA) is 68.0 Å².